The molecule has 4 rings (SSSR count). The van der Waals surface area contributed by atoms with Crippen LogP contribution in [0.2, 0.25) is 0 Å². The first-order chi connectivity index (χ1) is 17.0. The number of rotatable bonds is 12. The molecule has 0 spiro atoms. The third kappa shape index (κ3) is 6.57. The van der Waals surface area contributed by atoms with Gasteiger partial charge in [-0.15, -0.1) is 0 Å². The Morgan fingerprint density at radius 3 is 2.51 bits per heavy atom. The summed E-state index contributed by atoms with van der Waals surface area (Å²) >= 11 is 0. The largest absolute Gasteiger partial charge is 0.468 e. The van der Waals surface area contributed by atoms with Crippen molar-refractivity contribution in [2.24, 2.45) is 7.05 Å². The summed E-state index contributed by atoms with van der Waals surface area (Å²) in [5.74, 6) is 1.49. The molecule has 0 saturated heterocycles. The van der Waals surface area contributed by atoms with Crippen molar-refractivity contribution in [3.63, 3.8) is 0 Å². The van der Waals surface area contributed by atoms with Crippen molar-refractivity contribution in [2.45, 2.75) is 26.1 Å². The fraction of sp³-hybridized carbons (Fsp3) is 0.296. The average molecular weight is 480 g/mol. The van der Waals surface area contributed by atoms with Crippen LogP contribution in [0.1, 0.15) is 18.2 Å². The van der Waals surface area contributed by atoms with Gasteiger partial charge in [-0.2, -0.15) is 5.10 Å². The number of ether oxygens (including phenoxy) is 2. The Morgan fingerprint density at radius 1 is 1.06 bits per heavy atom. The van der Waals surface area contributed by atoms with Gasteiger partial charge in [0.1, 0.15) is 23.0 Å². The zero-order chi connectivity index (χ0) is 24.6. The van der Waals surface area contributed by atoms with Gasteiger partial charge >= 0.3 is 0 Å². The highest BCUT2D eigenvalue weighted by Crippen LogP contribution is 2.34. The Balaban J connectivity index is 1.69. The van der Waals surface area contributed by atoms with Crippen molar-refractivity contribution in [1.82, 2.24) is 14.7 Å². The number of benzene rings is 2. The van der Waals surface area contributed by atoms with Gasteiger partial charge < -0.3 is 19.0 Å². The molecule has 0 saturated carbocycles. The van der Waals surface area contributed by atoms with E-state index in [2.05, 4.69) is 4.90 Å². The van der Waals surface area contributed by atoms with Crippen LogP contribution < -0.4 is 4.74 Å². The summed E-state index contributed by atoms with van der Waals surface area (Å²) in [5.41, 5.74) is 2.56. The van der Waals surface area contributed by atoms with Crippen molar-refractivity contribution in [3.05, 3.63) is 90.1 Å². The van der Waals surface area contributed by atoms with Crippen molar-refractivity contribution in [2.75, 3.05) is 19.8 Å². The van der Waals surface area contributed by atoms with Crippen molar-refractivity contribution in [3.8, 4) is 22.9 Å². The van der Waals surface area contributed by atoms with Crippen LogP contribution in [-0.2, 0) is 24.9 Å². The summed E-state index contributed by atoms with van der Waals surface area (Å²) in [7, 11) is 1.82. The highest BCUT2D eigenvalue weighted by Gasteiger charge is 2.24. The number of halogens is 1. The van der Waals surface area contributed by atoms with E-state index in [1.165, 1.54) is 12.1 Å². The molecule has 8 heteroatoms. The fourth-order valence-corrected chi connectivity index (χ4v) is 3.90. The standard InChI is InChI=1S/C27H30FN3O4/c1-3-33-19-22(32)16-31(17-24-10-7-15-34-24)18-25-26(20-8-5-4-6-9-20)29-30(2)27(25)35-23-13-11-21(28)12-14-23/h4-15,22,32H,3,16-19H2,1-2H3. The molecule has 7 nitrogen and oxygen atoms in total. The smallest absolute Gasteiger partial charge is 0.222 e. The third-order valence-electron chi connectivity index (χ3n) is 5.49. The van der Waals surface area contributed by atoms with E-state index in [1.807, 2.05) is 56.4 Å². The number of aryl methyl sites for hydroxylation is 1. The van der Waals surface area contributed by atoms with Gasteiger partial charge in [-0.05, 0) is 43.3 Å². The van der Waals surface area contributed by atoms with Gasteiger partial charge in [-0.3, -0.25) is 4.90 Å². The minimum absolute atomic E-state index is 0.239. The lowest BCUT2D eigenvalue weighted by atomic mass is 10.1. The maximum atomic E-state index is 13.4. The van der Waals surface area contributed by atoms with Crippen LogP contribution in [0, 0.1) is 5.82 Å². The number of hydrogen-bond donors (Lipinski definition) is 1. The quantitative estimate of drug-likeness (QED) is 0.308. The highest BCUT2D eigenvalue weighted by molar-refractivity contribution is 5.65. The Labute approximate surface area is 204 Å². The molecule has 1 N–H and O–H groups in total. The molecule has 0 bridgehead atoms. The van der Waals surface area contributed by atoms with Crippen LogP contribution >= 0.6 is 0 Å². The summed E-state index contributed by atoms with van der Waals surface area (Å²) in [6.45, 7) is 3.94. The maximum Gasteiger partial charge on any atom is 0.222 e. The predicted octanol–water partition coefficient (Wildman–Crippen LogP) is 5.01. The van der Waals surface area contributed by atoms with Crippen LogP contribution in [0.25, 0.3) is 11.3 Å². The first-order valence-electron chi connectivity index (χ1n) is 11.6. The highest BCUT2D eigenvalue weighted by atomic mass is 19.1. The van der Waals surface area contributed by atoms with E-state index < -0.39 is 6.10 Å². The first-order valence-corrected chi connectivity index (χ1v) is 11.6. The van der Waals surface area contributed by atoms with Crippen molar-refractivity contribution < 1.29 is 23.4 Å². The molecule has 2 aromatic carbocycles. The van der Waals surface area contributed by atoms with Crippen LogP contribution in [-0.4, -0.2) is 45.6 Å². The van der Waals surface area contributed by atoms with Gasteiger partial charge in [0.25, 0.3) is 0 Å². The SMILES string of the molecule is CCOCC(O)CN(Cc1ccco1)Cc1c(-c2ccccc2)nn(C)c1Oc1ccc(F)cc1. The second-order valence-electron chi connectivity index (χ2n) is 8.24. The molecule has 35 heavy (non-hydrogen) atoms. The Hall–Kier alpha value is -3.46. The Morgan fingerprint density at radius 2 is 1.83 bits per heavy atom. The predicted molar refractivity (Wildman–Crippen MR) is 130 cm³/mol. The van der Waals surface area contributed by atoms with Crippen molar-refractivity contribution in [1.29, 1.82) is 0 Å². The lowest BCUT2D eigenvalue weighted by Crippen LogP contribution is -2.34. The molecule has 1 unspecified atom stereocenters. The molecular formula is C27H30FN3O4. The summed E-state index contributed by atoms with van der Waals surface area (Å²) in [4.78, 5) is 2.07. The lowest BCUT2D eigenvalue weighted by Gasteiger charge is -2.24. The van der Waals surface area contributed by atoms with Crippen molar-refractivity contribution >= 4 is 0 Å². The summed E-state index contributed by atoms with van der Waals surface area (Å²) in [6, 6.07) is 19.5. The molecule has 0 aliphatic heterocycles. The van der Waals surface area contributed by atoms with E-state index in [0.29, 0.717) is 37.9 Å². The minimum Gasteiger partial charge on any atom is -0.468 e. The minimum atomic E-state index is -0.678. The number of aliphatic hydroxyl groups excluding tert-OH is 1. The molecule has 184 valence electrons. The number of hydrogen-bond acceptors (Lipinski definition) is 6. The van der Waals surface area contributed by atoms with Crippen LogP contribution in [0.5, 0.6) is 11.6 Å². The first kappa shape index (κ1) is 24.7. The molecule has 4 aromatic rings. The summed E-state index contributed by atoms with van der Waals surface area (Å²) in [5, 5.41) is 15.3. The number of furan rings is 1. The zero-order valence-corrected chi connectivity index (χ0v) is 19.9. The van der Waals surface area contributed by atoms with E-state index in [0.717, 1.165) is 22.6 Å². The van der Waals surface area contributed by atoms with Gasteiger partial charge in [-0.25, -0.2) is 9.07 Å². The molecule has 2 heterocycles. The van der Waals surface area contributed by atoms with E-state index >= 15 is 0 Å². The molecular weight excluding hydrogens is 449 g/mol. The van der Waals surface area contributed by atoms with E-state index in [9.17, 15) is 9.50 Å². The van der Waals surface area contributed by atoms with Gasteiger partial charge in [0, 0.05) is 32.3 Å². The second kappa shape index (κ2) is 11.8. The topological polar surface area (TPSA) is 72.9 Å². The lowest BCUT2D eigenvalue weighted by molar-refractivity contribution is 0.0167. The van der Waals surface area contributed by atoms with E-state index in [-0.39, 0.29) is 12.4 Å². The average Bonchev–Trinajstić information content (AvgIpc) is 3.48. The van der Waals surface area contributed by atoms with Gasteiger partial charge in [-0.1, -0.05) is 30.3 Å². The van der Waals surface area contributed by atoms with E-state index in [1.54, 1.807) is 23.1 Å². The van der Waals surface area contributed by atoms with Crippen LogP contribution in [0.4, 0.5) is 4.39 Å². The zero-order valence-electron chi connectivity index (χ0n) is 19.9. The fourth-order valence-electron chi connectivity index (χ4n) is 3.90. The van der Waals surface area contributed by atoms with Gasteiger partial charge in [0.15, 0.2) is 0 Å². The van der Waals surface area contributed by atoms with Crippen LogP contribution in [0.3, 0.4) is 0 Å². The maximum absolute atomic E-state index is 13.4. The molecule has 1 atom stereocenters. The molecule has 0 amide bonds. The third-order valence-corrected chi connectivity index (χ3v) is 5.49. The molecule has 0 fully saturated rings. The number of aromatic nitrogens is 2. The normalized spacial score (nSPS) is 12.3. The monoisotopic (exact) mass is 479 g/mol. The van der Waals surface area contributed by atoms with Gasteiger partial charge in [0.2, 0.25) is 5.88 Å². The second-order valence-corrected chi connectivity index (χ2v) is 8.24. The number of aliphatic hydroxyl groups is 1. The summed E-state index contributed by atoms with van der Waals surface area (Å²) in [6.07, 6.45) is 0.954. The molecule has 2 aromatic heterocycles. The molecule has 0 aliphatic carbocycles. The summed E-state index contributed by atoms with van der Waals surface area (Å²) < 4.78 is 32.3. The van der Waals surface area contributed by atoms with Gasteiger partial charge in [0.05, 0.1) is 31.1 Å². The number of nitrogens with zero attached hydrogens (tertiary/aromatic N) is 3. The van der Waals surface area contributed by atoms with E-state index in [4.69, 9.17) is 19.0 Å². The Kier molecular flexibility index (Phi) is 8.31. The molecule has 0 radical (unpaired) electrons. The molecule has 0 aliphatic rings. The van der Waals surface area contributed by atoms with Crippen LogP contribution in [0.15, 0.2) is 77.4 Å². The Bertz CT molecular complexity index is 1180.